The molecule has 0 fully saturated rings. The summed E-state index contributed by atoms with van der Waals surface area (Å²) in [7, 11) is 1.60. The number of rotatable bonds is 7. The van der Waals surface area contributed by atoms with Gasteiger partial charge in [-0.15, -0.1) is 0 Å². The van der Waals surface area contributed by atoms with Crippen LogP contribution in [0.3, 0.4) is 0 Å². The Hall–Kier alpha value is -1.59. The summed E-state index contributed by atoms with van der Waals surface area (Å²) in [6, 6.07) is 8.90. The van der Waals surface area contributed by atoms with E-state index in [4.69, 9.17) is 9.84 Å². The maximum atomic E-state index is 11.8. The Morgan fingerprint density at radius 3 is 2.53 bits per heavy atom. The number of nitrogens with one attached hydrogen (secondary N) is 2. The number of ether oxygens (including phenoxy) is 1. The minimum Gasteiger partial charge on any atom is -0.394 e. The Bertz CT molecular complexity index is 366. The Labute approximate surface area is 114 Å². The van der Waals surface area contributed by atoms with Crippen molar-refractivity contribution in [2.45, 2.75) is 25.4 Å². The van der Waals surface area contributed by atoms with Gasteiger partial charge in [-0.1, -0.05) is 37.3 Å². The van der Waals surface area contributed by atoms with Crippen LogP contribution in [0.4, 0.5) is 4.79 Å². The van der Waals surface area contributed by atoms with E-state index in [2.05, 4.69) is 10.6 Å². The molecular formula is C14H22N2O3. The molecule has 0 aliphatic rings. The zero-order chi connectivity index (χ0) is 14.1. The SMILES string of the molecule is CCC(CO)NC(=O)NC(COC)c1ccccc1. The molecule has 5 nitrogen and oxygen atoms in total. The smallest absolute Gasteiger partial charge is 0.315 e. The third-order valence-electron chi connectivity index (χ3n) is 2.89. The van der Waals surface area contributed by atoms with Crippen molar-refractivity contribution in [3.05, 3.63) is 35.9 Å². The molecule has 0 radical (unpaired) electrons. The fourth-order valence-corrected chi connectivity index (χ4v) is 1.74. The van der Waals surface area contributed by atoms with Crippen LogP contribution < -0.4 is 10.6 Å². The summed E-state index contributed by atoms with van der Waals surface area (Å²) in [6.45, 7) is 2.24. The molecule has 2 atom stereocenters. The Morgan fingerprint density at radius 1 is 1.32 bits per heavy atom. The second-order valence-corrected chi connectivity index (χ2v) is 4.32. The molecule has 1 aromatic rings. The molecule has 0 heterocycles. The molecule has 0 aliphatic heterocycles. The minimum absolute atomic E-state index is 0.0653. The summed E-state index contributed by atoms with van der Waals surface area (Å²) < 4.78 is 5.13. The number of aliphatic hydroxyl groups excluding tert-OH is 1. The monoisotopic (exact) mass is 266 g/mol. The van der Waals surface area contributed by atoms with Crippen molar-refractivity contribution >= 4 is 6.03 Å². The maximum absolute atomic E-state index is 11.8. The number of benzene rings is 1. The average Bonchev–Trinajstić information content (AvgIpc) is 2.45. The zero-order valence-electron chi connectivity index (χ0n) is 11.4. The van der Waals surface area contributed by atoms with E-state index in [1.165, 1.54) is 0 Å². The van der Waals surface area contributed by atoms with E-state index >= 15 is 0 Å². The molecule has 0 bridgehead atoms. The second-order valence-electron chi connectivity index (χ2n) is 4.32. The summed E-state index contributed by atoms with van der Waals surface area (Å²) in [6.07, 6.45) is 0.685. The Morgan fingerprint density at radius 2 is 2.00 bits per heavy atom. The number of hydrogen-bond donors (Lipinski definition) is 3. The van der Waals surface area contributed by atoms with E-state index in [9.17, 15) is 4.79 Å². The van der Waals surface area contributed by atoms with Crippen molar-refractivity contribution in [3.63, 3.8) is 0 Å². The summed E-state index contributed by atoms with van der Waals surface area (Å²) in [5, 5.41) is 14.6. The van der Waals surface area contributed by atoms with Gasteiger partial charge >= 0.3 is 6.03 Å². The number of aliphatic hydroxyl groups is 1. The van der Waals surface area contributed by atoms with E-state index in [0.717, 1.165) is 5.56 Å². The van der Waals surface area contributed by atoms with Crippen LogP contribution in [0.2, 0.25) is 0 Å². The van der Waals surface area contributed by atoms with Crippen LogP contribution in [-0.2, 0) is 4.74 Å². The van der Waals surface area contributed by atoms with Crippen LogP contribution in [-0.4, -0.2) is 37.5 Å². The topological polar surface area (TPSA) is 70.6 Å². The molecule has 5 heteroatoms. The lowest BCUT2D eigenvalue weighted by atomic mass is 10.1. The summed E-state index contributed by atoms with van der Waals surface area (Å²) in [4.78, 5) is 11.8. The van der Waals surface area contributed by atoms with Gasteiger partial charge in [0.2, 0.25) is 0 Å². The number of carbonyl (C=O) groups excluding carboxylic acids is 1. The third kappa shape index (κ3) is 5.28. The largest absolute Gasteiger partial charge is 0.394 e. The van der Waals surface area contributed by atoms with Crippen molar-refractivity contribution < 1.29 is 14.6 Å². The van der Waals surface area contributed by atoms with Crippen molar-refractivity contribution in [3.8, 4) is 0 Å². The van der Waals surface area contributed by atoms with Crippen molar-refractivity contribution in [1.82, 2.24) is 10.6 Å². The molecule has 3 N–H and O–H groups in total. The predicted octanol–water partition coefficient (Wildman–Crippen LogP) is 1.44. The van der Waals surface area contributed by atoms with Gasteiger partial charge in [0.15, 0.2) is 0 Å². The lowest BCUT2D eigenvalue weighted by molar-refractivity contribution is 0.163. The highest BCUT2D eigenvalue weighted by Gasteiger charge is 2.16. The first-order chi connectivity index (χ1) is 9.21. The van der Waals surface area contributed by atoms with E-state index in [-0.39, 0.29) is 24.7 Å². The van der Waals surface area contributed by atoms with Gasteiger partial charge in [-0.3, -0.25) is 0 Å². The second kappa shape index (κ2) is 8.50. The molecule has 0 aliphatic carbocycles. The Balaban J connectivity index is 2.61. The molecule has 0 spiro atoms. The number of carbonyl (C=O) groups is 1. The molecule has 106 valence electrons. The van der Waals surface area contributed by atoms with E-state index < -0.39 is 0 Å². The standard InChI is InChI=1S/C14H22N2O3/c1-3-12(9-17)15-14(18)16-13(10-19-2)11-7-5-4-6-8-11/h4-8,12-13,17H,3,9-10H2,1-2H3,(H2,15,16,18). The zero-order valence-corrected chi connectivity index (χ0v) is 11.4. The van der Waals surface area contributed by atoms with Gasteiger partial charge in [0.05, 0.1) is 25.3 Å². The molecule has 1 rings (SSSR count). The molecule has 19 heavy (non-hydrogen) atoms. The highest BCUT2D eigenvalue weighted by atomic mass is 16.5. The molecule has 2 unspecified atom stereocenters. The molecule has 0 saturated carbocycles. The van der Waals surface area contributed by atoms with E-state index in [1.54, 1.807) is 7.11 Å². The van der Waals surface area contributed by atoms with E-state index in [0.29, 0.717) is 13.0 Å². The highest BCUT2D eigenvalue weighted by molar-refractivity contribution is 5.74. The van der Waals surface area contributed by atoms with E-state index in [1.807, 2.05) is 37.3 Å². The normalized spacial score (nSPS) is 13.6. The first kappa shape index (κ1) is 15.5. The summed E-state index contributed by atoms with van der Waals surface area (Å²) in [5.74, 6) is 0. The van der Waals surface area contributed by atoms with Gasteiger partial charge < -0.3 is 20.5 Å². The Kier molecular flexibility index (Phi) is 6.92. The van der Waals surface area contributed by atoms with Crippen LogP contribution in [0, 0.1) is 0 Å². The average molecular weight is 266 g/mol. The molecule has 1 aromatic carbocycles. The van der Waals surface area contributed by atoms with Crippen LogP contribution in [0.1, 0.15) is 24.9 Å². The fraction of sp³-hybridized carbons (Fsp3) is 0.500. The quantitative estimate of drug-likeness (QED) is 0.699. The first-order valence-corrected chi connectivity index (χ1v) is 6.43. The van der Waals surface area contributed by atoms with Gasteiger partial charge in [0.25, 0.3) is 0 Å². The van der Waals surface area contributed by atoms with Gasteiger partial charge in [-0.05, 0) is 12.0 Å². The van der Waals surface area contributed by atoms with Crippen LogP contribution in [0.15, 0.2) is 30.3 Å². The molecule has 0 saturated heterocycles. The van der Waals surface area contributed by atoms with Gasteiger partial charge in [-0.2, -0.15) is 0 Å². The van der Waals surface area contributed by atoms with Crippen LogP contribution in [0.5, 0.6) is 0 Å². The molecule has 2 amide bonds. The lowest BCUT2D eigenvalue weighted by Crippen LogP contribution is -2.45. The minimum atomic E-state index is -0.299. The maximum Gasteiger partial charge on any atom is 0.315 e. The van der Waals surface area contributed by atoms with Crippen LogP contribution >= 0.6 is 0 Å². The number of hydrogen-bond acceptors (Lipinski definition) is 3. The summed E-state index contributed by atoms with van der Waals surface area (Å²) in [5.41, 5.74) is 0.983. The van der Waals surface area contributed by atoms with Gasteiger partial charge in [0, 0.05) is 7.11 Å². The number of urea groups is 1. The third-order valence-corrected chi connectivity index (χ3v) is 2.89. The number of methoxy groups -OCH3 is 1. The lowest BCUT2D eigenvalue weighted by Gasteiger charge is -2.21. The fourth-order valence-electron chi connectivity index (χ4n) is 1.74. The molecule has 0 aromatic heterocycles. The van der Waals surface area contributed by atoms with Gasteiger partial charge in [0.1, 0.15) is 0 Å². The predicted molar refractivity (Wildman–Crippen MR) is 73.9 cm³/mol. The summed E-state index contributed by atoms with van der Waals surface area (Å²) >= 11 is 0. The van der Waals surface area contributed by atoms with Crippen molar-refractivity contribution in [2.24, 2.45) is 0 Å². The first-order valence-electron chi connectivity index (χ1n) is 6.43. The van der Waals surface area contributed by atoms with Crippen molar-refractivity contribution in [1.29, 1.82) is 0 Å². The number of amides is 2. The van der Waals surface area contributed by atoms with Crippen LogP contribution in [0.25, 0.3) is 0 Å². The van der Waals surface area contributed by atoms with Gasteiger partial charge in [-0.25, -0.2) is 4.79 Å². The van der Waals surface area contributed by atoms with Crippen molar-refractivity contribution in [2.75, 3.05) is 20.3 Å². The molecular weight excluding hydrogens is 244 g/mol. The highest BCUT2D eigenvalue weighted by Crippen LogP contribution is 2.12.